The highest BCUT2D eigenvalue weighted by Gasteiger charge is 2.26. The van der Waals surface area contributed by atoms with Gasteiger partial charge in [-0.05, 0) is 12.1 Å². The smallest absolute Gasteiger partial charge is 0.165 e. The SMILES string of the molecule is C=C[C@@H](c1c(C#N)ccc(F)c1O)N1CCNCC1.Cl.Cl. The quantitative estimate of drug-likeness (QED) is 0.834. The van der Waals surface area contributed by atoms with Crippen molar-refractivity contribution in [2.45, 2.75) is 6.04 Å². The molecule has 0 radical (unpaired) electrons. The maximum absolute atomic E-state index is 13.5. The van der Waals surface area contributed by atoms with Crippen LogP contribution in [0.2, 0.25) is 0 Å². The number of hydrogen-bond donors (Lipinski definition) is 2. The molecule has 1 aromatic rings. The summed E-state index contributed by atoms with van der Waals surface area (Å²) in [4.78, 5) is 2.07. The molecule has 1 fully saturated rings. The van der Waals surface area contributed by atoms with Crippen molar-refractivity contribution in [3.05, 3.63) is 41.7 Å². The third-order valence-electron chi connectivity index (χ3n) is 3.35. The van der Waals surface area contributed by atoms with Crippen molar-refractivity contribution in [1.29, 1.82) is 5.26 Å². The molecule has 21 heavy (non-hydrogen) atoms. The summed E-state index contributed by atoms with van der Waals surface area (Å²) in [5.74, 6) is -1.17. The zero-order valence-electron chi connectivity index (χ0n) is 11.4. The molecule has 0 unspecified atom stereocenters. The van der Waals surface area contributed by atoms with E-state index in [1.54, 1.807) is 6.08 Å². The fraction of sp³-hybridized carbons (Fsp3) is 0.357. The molecule has 0 aromatic heterocycles. The van der Waals surface area contributed by atoms with Crippen LogP contribution < -0.4 is 5.32 Å². The first-order valence-electron chi connectivity index (χ1n) is 6.17. The van der Waals surface area contributed by atoms with E-state index in [2.05, 4.69) is 16.8 Å². The summed E-state index contributed by atoms with van der Waals surface area (Å²) in [6, 6.07) is 4.14. The van der Waals surface area contributed by atoms with Crippen molar-refractivity contribution >= 4 is 24.8 Å². The Kier molecular flexibility index (Phi) is 8.30. The molecule has 4 nitrogen and oxygen atoms in total. The van der Waals surface area contributed by atoms with Crippen LogP contribution in [0, 0.1) is 17.1 Å². The van der Waals surface area contributed by atoms with Gasteiger partial charge >= 0.3 is 0 Å². The van der Waals surface area contributed by atoms with Crippen LogP contribution in [-0.4, -0.2) is 36.2 Å². The Balaban J connectivity index is 0.00000200. The number of phenols is 1. The van der Waals surface area contributed by atoms with Gasteiger partial charge in [0.25, 0.3) is 0 Å². The van der Waals surface area contributed by atoms with Gasteiger partial charge in [-0.15, -0.1) is 31.4 Å². The maximum atomic E-state index is 13.5. The van der Waals surface area contributed by atoms with Crippen LogP contribution in [0.1, 0.15) is 17.2 Å². The first-order chi connectivity index (χ1) is 9.19. The van der Waals surface area contributed by atoms with E-state index >= 15 is 0 Å². The van der Waals surface area contributed by atoms with Gasteiger partial charge < -0.3 is 10.4 Å². The molecule has 0 spiro atoms. The van der Waals surface area contributed by atoms with Gasteiger partial charge in [-0.25, -0.2) is 4.39 Å². The molecular weight excluding hydrogens is 316 g/mol. The van der Waals surface area contributed by atoms with E-state index in [1.165, 1.54) is 6.07 Å². The number of nitrogens with zero attached hydrogens (tertiary/aromatic N) is 2. The van der Waals surface area contributed by atoms with Crippen molar-refractivity contribution in [2.24, 2.45) is 0 Å². The van der Waals surface area contributed by atoms with Gasteiger partial charge in [0.2, 0.25) is 0 Å². The van der Waals surface area contributed by atoms with Crippen LogP contribution in [-0.2, 0) is 0 Å². The first kappa shape index (κ1) is 19.7. The predicted molar refractivity (Wildman–Crippen MR) is 84.7 cm³/mol. The topological polar surface area (TPSA) is 59.3 Å². The van der Waals surface area contributed by atoms with E-state index in [4.69, 9.17) is 5.26 Å². The van der Waals surface area contributed by atoms with Crippen LogP contribution >= 0.6 is 24.8 Å². The van der Waals surface area contributed by atoms with Gasteiger partial charge in [0, 0.05) is 31.7 Å². The number of piperazine rings is 1. The fourth-order valence-electron chi connectivity index (χ4n) is 2.39. The average molecular weight is 334 g/mol. The van der Waals surface area contributed by atoms with Crippen LogP contribution in [0.3, 0.4) is 0 Å². The molecule has 2 rings (SSSR count). The number of nitrogens with one attached hydrogen (secondary N) is 1. The van der Waals surface area contributed by atoms with Crippen molar-refractivity contribution in [3.63, 3.8) is 0 Å². The number of rotatable bonds is 3. The van der Waals surface area contributed by atoms with E-state index in [9.17, 15) is 9.50 Å². The van der Waals surface area contributed by atoms with Crippen LogP contribution in [0.5, 0.6) is 5.75 Å². The monoisotopic (exact) mass is 333 g/mol. The summed E-state index contributed by atoms with van der Waals surface area (Å²) in [7, 11) is 0. The minimum absolute atomic E-state index is 0. The molecule has 0 amide bonds. The van der Waals surface area contributed by atoms with Crippen LogP contribution in [0.25, 0.3) is 0 Å². The Morgan fingerprint density at radius 2 is 2.00 bits per heavy atom. The number of halogens is 3. The van der Waals surface area contributed by atoms with Crippen LogP contribution in [0.4, 0.5) is 4.39 Å². The van der Waals surface area contributed by atoms with Crippen molar-refractivity contribution in [1.82, 2.24) is 10.2 Å². The highest BCUT2D eigenvalue weighted by Crippen LogP contribution is 2.34. The van der Waals surface area contributed by atoms with Gasteiger partial charge in [0.15, 0.2) is 11.6 Å². The lowest BCUT2D eigenvalue weighted by Crippen LogP contribution is -2.44. The number of benzene rings is 1. The number of nitriles is 1. The summed E-state index contributed by atoms with van der Waals surface area (Å²) in [5, 5.41) is 22.3. The molecule has 116 valence electrons. The molecule has 2 N–H and O–H groups in total. The second-order valence-corrected chi connectivity index (χ2v) is 4.44. The number of aromatic hydroxyl groups is 1. The molecule has 1 aromatic carbocycles. The molecule has 1 saturated heterocycles. The van der Waals surface area contributed by atoms with Gasteiger partial charge in [-0.1, -0.05) is 6.08 Å². The Hall–Kier alpha value is -1.32. The Labute approximate surface area is 136 Å². The lowest BCUT2D eigenvalue weighted by atomic mass is 9.97. The zero-order chi connectivity index (χ0) is 13.8. The number of hydrogen-bond acceptors (Lipinski definition) is 4. The van der Waals surface area contributed by atoms with E-state index in [0.29, 0.717) is 5.56 Å². The standard InChI is InChI=1S/C14H16FN3O.2ClH/c1-2-12(18-7-5-17-6-8-18)13-10(9-16)3-4-11(15)14(13)19;;/h2-4,12,17,19H,1,5-8H2;2*1H/t12-;;/m0../s1. The van der Waals surface area contributed by atoms with Gasteiger partial charge in [0.05, 0.1) is 17.7 Å². The Bertz CT molecular complexity index is 528. The van der Waals surface area contributed by atoms with Gasteiger partial charge in [-0.2, -0.15) is 5.26 Å². The highest BCUT2D eigenvalue weighted by atomic mass is 35.5. The normalized spacial score (nSPS) is 16.0. The number of phenolic OH excluding ortho intramolecular Hbond substituents is 1. The summed E-state index contributed by atoms with van der Waals surface area (Å²) < 4.78 is 13.5. The molecule has 1 heterocycles. The zero-order valence-corrected chi connectivity index (χ0v) is 13.0. The van der Waals surface area contributed by atoms with Crippen LogP contribution in [0.15, 0.2) is 24.8 Å². The molecular formula is C14H18Cl2FN3O. The Morgan fingerprint density at radius 1 is 1.38 bits per heavy atom. The average Bonchev–Trinajstić information content (AvgIpc) is 2.45. The molecule has 0 aliphatic carbocycles. The minimum Gasteiger partial charge on any atom is -0.505 e. The van der Waals surface area contributed by atoms with E-state index in [0.717, 1.165) is 32.2 Å². The van der Waals surface area contributed by atoms with Crippen molar-refractivity contribution in [2.75, 3.05) is 26.2 Å². The third kappa shape index (κ3) is 4.08. The molecule has 7 heteroatoms. The minimum atomic E-state index is -0.712. The second-order valence-electron chi connectivity index (χ2n) is 4.44. The second kappa shape index (κ2) is 8.85. The first-order valence-corrected chi connectivity index (χ1v) is 6.17. The lowest BCUT2D eigenvalue weighted by molar-refractivity contribution is 0.200. The molecule has 0 saturated carbocycles. The van der Waals surface area contributed by atoms with E-state index < -0.39 is 11.6 Å². The van der Waals surface area contributed by atoms with Gasteiger partial charge in [-0.3, -0.25) is 4.90 Å². The summed E-state index contributed by atoms with van der Waals surface area (Å²) in [6.07, 6.45) is 1.64. The summed E-state index contributed by atoms with van der Waals surface area (Å²) >= 11 is 0. The third-order valence-corrected chi connectivity index (χ3v) is 3.35. The lowest BCUT2D eigenvalue weighted by Gasteiger charge is -2.34. The largest absolute Gasteiger partial charge is 0.505 e. The van der Waals surface area contributed by atoms with Gasteiger partial charge in [0.1, 0.15) is 0 Å². The Morgan fingerprint density at radius 3 is 2.52 bits per heavy atom. The van der Waals surface area contributed by atoms with Crippen molar-refractivity contribution < 1.29 is 9.50 Å². The summed E-state index contributed by atoms with van der Waals surface area (Å²) in [5.41, 5.74) is 0.585. The summed E-state index contributed by atoms with van der Waals surface area (Å²) in [6.45, 7) is 6.92. The molecule has 1 aliphatic heterocycles. The highest BCUT2D eigenvalue weighted by molar-refractivity contribution is 5.85. The predicted octanol–water partition coefficient (Wildman–Crippen LogP) is 2.38. The van der Waals surface area contributed by atoms with E-state index in [-0.39, 0.29) is 36.4 Å². The van der Waals surface area contributed by atoms with E-state index in [1.807, 2.05) is 6.07 Å². The molecule has 0 bridgehead atoms. The fourth-order valence-corrected chi connectivity index (χ4v) is 2.39. The molecule has 1 atom stereocenters. The molecule has 1 aliphatic rings. The maximum Gasteiger partial charge on any atom is 0.165 e. The van der Waals surface area contributed by atoms with Crippen molar-refractivity contribution in [3.8, 4) is 11.8 Å².